The van der Waals surface area contributed by atoms with Gasteiger partial charge in [-0.15, -0.1) is 0 Å². The van der Waals surface area contributed by atoms with Crippen molar-refractivity contribution < 1.29 is 8.97 Å². The van der Waals surface area contributed by atoms with Crippen molar-refractivity contribution in [2.75, 3.05) is 40.3 Å². The molecule has 2 atom stereocenters. The molecule has 0 saturated carbocycles. The van der Waals surface area contributed by atoms with Gasteiger partial charge in [-0.3, -0.25) is 0 Å². The molecule has 0 aliphatic carbocycles. The molecule has 27 heavy (non-hydrogen) atoms. The third-order valence-electron chi connectivity index (χ3n) is 7.23. The van der Waals surface area contributed by atoms with Gasteiger partial charge in [0.15, 0.2) is 0 Å². The fourth-order valence-electron chi connectivity index (χ4n) is 5.48. The highest BCUT2D eigenvalue weighted by atomic mass is 15.4. The molecule has 4 rings (SSSR count). The fraction of sp³-hybridized carbons (Fsp3) is 0.520. The molecule has 2 unspecified atom stereocenters. The minimum Gasteiger partial charge on any atom is -0.322 e. The number of hydrogen-bond donors (Lipinski definition) is 0. The summed E-state index contributed by atoms with van der Waals surface area (Å²) in [4.78, 5) is 0. The van der Waals surface area contributed by atoms with Crippen LogP contribution < -0.4 is 0 Å². The van der Waals surface area contributed by atoms with Crippen molar-refractivity contribution in [3.05, 3.63) is 71.3 Å². The number of nitrogens with zero attached hydrogens (tertiary/aromatic N) is 2. The van der Waals surface area contributed by atoms with Crippen LogP contribution in [0.25, 0.3) is 0 Å². The summed E-state index contributed by atoms with van der Waals surface area (Å²) in [5.41, 5.74) is 4.54. The van der Waals surface area contributed by atoms with Crippen LogP contribution in [-0.4, -0.2) is 49.2 Å². The van der Waals surface area contributed by atoms with E-state index in [1.807, 2.05) is 0 Å². The Balaban J connectivity index is 1.43. The molecule has 0 bridgehead atoms. The van der Waals surface area contributed by atoms with Gasteiger partial charge in [0.1, 0.15) is 12.6 Å². The summed E-state index contributed by atoms with van der Waals surface area (Å²) in [7, 11) is 4.90. The van der Waals surface area contributed by atoms with E-state index in [0.717, 1.165) is 0 Å². The molecule has 2 aliphatic rings. The minimum absolute atomic E-state index is 0.666. The van der Waals surface area contributed by atoms with Gasteiger partial charge in [0.05, 0.1) is 40.3 Å². The Morgan fingerprint density at radius 1 is 0.778 bits per heavy atom. The van der Waals surface area contributed by atoms with Gasteiger partial charge >= 0.3 is 0 Å². The number of hydrogen-bond acceptors (Lipinski definition) is 0. The zero-order valence-electron chi connectivity index (χ0n) is 17.2. The van der Waals surface area contributed by atoms with E-state index in [1.54, 1.807) is 5.56 Å². The highest BCUT2D eigenvalue weighted by Gasteiger charge is 2.38. The lowest BCUT2D eigenvalue weighted by molar-refractivity contribution is -0.926. The molecule has 2 heteroatoms. The number of likely N-dealkylation sites (tertiary alicyclic amines) is 2. The van der Waals surface area contributed by atoms with Crippen LogP contribution in [0.15, 0.2) is 54.6 Å². The van der Waals surface area contributed by atoms with Gasteiger partial charge < -0.3 is 8.97 Å². The summed E-state index contributed by atoms with van der Waals surface area (Å²) in [6.45, 7) is 6.45. The van der Waals surface area contributed by atoms with Crippen LogP contribution in [0, 0.1) is 0 Å². The molecule has 0 amide bonds. The predicted molar refractivity (Wildman–Crippen MR) is 113 cm³/mol. The summed E-state index contributed by atoms with van der Waals surface area (Å²) in [5.74, 6) is 0. The molecular weight excluding hydrogens is 328 g/mol. The number of benzene rings is 2. The maximum absolute atomic E-state index is 2.48. The first-order valence-electron chi connectivity index (χ1n) is 10.9. The van der Waals surface area contributed by atoms with E-state index in [2.05, 4.69) is 68.7 Å². The molecule has 2 nitrogen and oxygen atoms in total. The Bertz CT molecular complexity index is 731. The largest absolute Gasteiger partial charge is 0.322 e. The lowest BCUT2D eigenvalue weighted by atomic mass is 10.0. The molecule has 0 N–H and O–H groups in total. The normalized spacial score (nSPS) is 27.1. The van der Waals surface area contributed by atoms with E-state index in [9.17, 15) is 0 Å². The van der Waals surface area contributed by atoms with Gasteiger partial charge in [-0.1, -0.05) is 54.6 Å². The molecular formula is C25H36N2+2. The van der Waals surface area contributed by atoms with Crippen molar-refractivity contribution in [2.45, 2.75) is 44.7 Å². The average molecular weight is 365 g/mol. The predicted octanol–water partition coefficient (Wildman–Crippen LogP) is 4.95. The van der Waals surface area contributed by atoms with Gasteiger partial charge in [0.25, 0.3) is 0 Å². The van der Waals surface area contributed by atoms with Crippen molar-refractivity contribution >= 4 is 0 Å². The first-order chi connectivity index (χ1) is 13.1. The topological polar surface area (TPSA) is 0 Å². The molecule has 0 spiro atoms. The second-order valence-corrected chi connectivity index (χ2v) is 9.49. The molecule has 0 aromatic heterocycles. The van der Waals surface area contributed by atoms with Crippen molar-refractivity contribution in [3.8, 4) is 0 Å². The van der Waals surface area contributed by atoms with E-state index >= 15 is 0 Å². The third kappa shape index (κ3) is 4.28. The smallest absolute Gasteiger partial charge is 0.115 e. The number of quaternary nitrogens is 2. The van der Waals surface area contributed by atoms with Gasteiger partial charge in [-0.05, 0) is 5.56 Å². The molecule has 144 valence electrons. The van der Waals surface area contributed by atoms with Crippen LogP contribution in [0.4, 0.5) is 0 Å². The average Bonchev–Trinajstić information content (AvgIpc) is 3.28. The summed E-state index contributed by atoms with van der Waals surface area (Å²) in [6, 6.07) is 21.4. The summed E-state index contributed by atoms with van der Waals surface area (Å²) in [6.07, 6.45) is 6.66. The van der Waals surface area contributed by atoms with Gasteiger partial charge in [-0.2, -0.15) is 0 Å². The maximum Gasteiger partial charge on any atom is 0.115 e. The molecule has 2 aromatic carbocycles. The molecule has 2 heterocycles. The Morgan fingerprint density at radius 2 is 1.48 bits per heavy atom. The molecule has 2 aromatic rings. The third-order valence-corrected chi connectivity index (χ3v) is 7.23. The van der Waals surface area contributed by atoms with Crippen molar-refractivity contribution in [1.82, 2.24) is 0 Å². The van der Waals surface area contributed by atoms with Gasteiger partial charge in [0.2, 0.25) is 0 Å². The van der Waals surface area contributed by atoms with E-state index < -0.39 is 0 Å². The van der Waals surface area contributed by atoms with Crippen LogP contribution in [0.3, 0.4) is 0 Å². The van der Waals surface area contributed by atoms with E-state index in [1.165, 1.54) is 84.9 Å². The number of rotatable bonds is 6. The standard InChI is InChI=1S/C25H36N2/c1-26(17-6-7-18-26)21-23-12-14-24(15-13-23)25-11-8-19-27(25,2)20-16-22-9-4-3-5-10-22/h3-5,9-10,12-15,25H,6-8,11,16-21H2,1-2H3/q+2. The second-order valence-electron chi connectivity index (χ2n) is 9.49. The Morgan fingerprint density at radius 3 is 2.19 bits per heavy atom. The van der Waals surface area contributed by atoms with Gasteiger partial charge in [-0.25, -0.2) is 0 Å². The zero-order chi connectivity index (χ0) is 18.7. The van der Waals surface area contributed by atoms with Crippen LogP contribution >= 0.6 is 0 Å². The Labute approximate surface area is 165 Å². The highest BCUT2D eigenvalue weighted by Crippen LogP contribution is 2.38. The van der Waals surface area contributed by atoms with Crippen molar-refractivity contribution in [3.63, 3.8) is 0 Å². The SMILES string of the molecule is C[N+]1(Cc2ccc(C3CCC[N+]3(C)CCc3ccccc3)cc2)CCCC1. The quantitative estimate of drug-likeness (QED) is 0.636. The monoisotopic (exact) mass is 364 g/mol. The first kappa shape index (κ1) is 18.7. The van der Waals surface area contributed by atoms with Crippen LogP contribution in [0.1, 0.15) is 48.4 Å². The maximum atomic E-state index is 2.48. The van der Waals surface area contributed by atoms with Crippen LogP contribution in [0.5, 0.6) is 0 Å². The summed E-state index contributed by atoms with van der Waals surface area (Å²) >= 11 is 0. The highest BCUT2D eigenvalue weighted by molar-refractivity contribution is 5.24. The fourth-order valence-corrected chi connectivity index (χ4v) is 5.48. The van der Waals surface area contributed by atoms with Crippen LogP contribution in [0.2, 0.25) is 0 Å². The summed E-state index contributed by atoms with van der Waals surface area (Å²) < 4.78 is 2.43. The molecule has 0 radical (unpaired) electrons. The molecule has 2 aliphatic heterocycles. The second kappa shape index (κ2) is 7.77. The van der Waals surface area contributed by atoms with Crippen molar-refractivity contribution in [2.24, 2.45) is 0 Å². The molecule has 2 fully saturated rings. The Hall–Kier alpha value is -1.64. The summed E-state index contributed by atoms with van der Waals surface area (Å²) in [5, 5.41) is 0. The van der Waals surface area contributed by atoms with E-state index in [0.29, 0.717) is 6.04 Å². The zero-order valence-corrected chi connectivity index (χ0v) is 17.2. The first-order valence-corrected chi connectivity index (χ1v) is 10.9. The van der Waals surface area contributed by atoms with Crippen LogP contribution in [-0.2, 0) is 13.0 Å². The van der Waals surface area contributed by atoms with E-state index in [4.69, 9.17) is 0 Å². The Kier molecular flexibility index (Phi) is 5.39. The number of likely N-dealkylation sites (N-methyl/N-ethyl adjacent to an activating group) is 1. The minimum atomic E-state index is 0.666. The molecule has 2 saturated heterocycles. The van der Waals surface area contributed by atoms with E-state index in [-0.39, 0.29) is 0 Å². The lowest BCUT2D eigenvalue weighted by Crippen LogP contribution is -2.44. The van der Waals surface area contributed by atoms with Gasteiger partial charge in [0, 0.05) is 43.2 Å². The van der Waals surface area contributed by atoms with Crippen molar-refractivity contribution in [1.29, 1.82) is 0 Å². The lowest BCUT2D eigenvalue weighted by Gasteiger charge is -2.37.